The molecule has 1 aliphatic heterocycles. The van der Waals surface area contributed by atoms with Crippen LogP contribution in [0.5, 0.6) is 5.75 Å². The van der Waals surface area contributed by atoms with Crippen LogP contribution in [-0.2, 0) is 16.0 Å². The SMILES string of the molecule is CN1CCC(OC(=O)Oc2ccc3c(c2)CCC2C3CCC3(C)C(=O)C(F)CC23)C1. The predicted octanol–water partition coefficient (Wildman–Crippen LogP) is 4.28. The third-order valence-electron chi connectivity index (χ3n) is 8.21. The average molecular weight is 416 g/mol. The molecule has 0 spiro atoms. The van der Waals surface area contributed by atoms with Crippen LogP contribution in [0.25, 0.3) is 0 Å². The maximum absolute atomic E-state index is 14.2. The topological polar surface area (TPSA) is 55.8 Å². The van der Waals surface area contributed by atoms with Crippen molar-refractivity contribution in [2.24, 2.45) is 17.3 Å². The summed E-state index contributed by atoms with van der Waals surface area (Å²) in [5.41, 5.74) is 1.99. The number of ether oxygens (including phenoxy) is 2. The smallest absolute Gasteiger partial charge is 0.429 e. The number of Topliss-reactive ketones (excluding diaryl/α,β-unsaturated/α-hetero) is 1. The Balaban J connectivity index is 1.29. The first-order valence-electron chi connectivity index (χ1n) is 11.2. The fraction of sp³-hybridized carbons (Fsp3) is 0.667. The molecule has 5 rings (SSSR count). The van der Waals surface area contributed by atoms with E-state index in [-0.39, 0.29) is 17.8 Å². The molecule has 3 aliphatic carbocycles. The highest BCUT2D eigenvalue weighted by Crippen LogP contribution is 2.60. The molecule has 6 atom stereocenters. The second kappa shape index (κ2) is 7.33. The van der Waals surface area contributed by atoms with Gasteiger partial charge in [-0.2, -0.15) is 0 Å². The second-order valence-corrected chi connectivity index (χ2v) is 9.94. The number of hydrogen-bond acceptors (Lipinski definition) is 5. The maximum Gasteiger partial charge on any atom is 0.514 e. The molecule has 0 aromatic heterocycles. The summed E-state index contributed by atoms with van der Waals surface area (Å²) in [6.45, 7) is 3.65. The van der Waals surface area contributed by atoms with Crippen LogP contribution in [0, 0.1) is 17.3 Å². The molecule has 1 heterocycles. The molecule has 0 bridgehead atoms. The number of alkyl halides is 1. The monoisotopic (exact) mass is 415 g/mol. The molecule has 2 saturated carbocycles. The van der Waals surface area contributed by atoms with Crippen molar-refractivity contribution in [1.29, 1.82) is 0 Å². The zero-order valence-corrected chi connectivity index (χ0v) is 17.7. The molecular weight excluding hydrogens is 385 g/mol. The number of benzene rings is 1. The van der Waals surface area contributed by atoms with Crippen LogP contribution in [0.15, 0.2) is 18.2 Å². The first-order valence-corrected chi connectivity index (χ1v) is 11.2. The molecule has 1 aromatic rings. The Morgan fingerprint density at radius 1 is 1.27 bits per heavy atom. The summed E-state index contributed by atoms with van der Waals surface area (Å²) < 4.78 is 25.1. The zero-order chi connectivity index (χ0) is 21.0. The van der Waals surface area contributed by atoms with Gasteiger partial charge in [0.05, 0.1) is 0 Å². The fourth-order valence-electron chi connectivity index (χ4n) is 6.62. The summed E-state index contributed by atoms with van der Waals surface area (Å²) in [6, 6.07) is 5.86. The number of carbonyl (C=O) groups excluding carboxylic acids is 2. The molecule has 5 nitrogen and oxygen atoms in total. The number of aryl methyl sites for hydroxylation is 1. The van der Waals surface area contributed by atoms with Crippen molar-refractivity contribution in [3.63, 3.8) is 0 Å². The lowest BCUT2D eigenvalue weighted by molar-refractivity contribution is -0.132. The van der Waals surface area contributed by atoms with Crippen molar-refractivity contribution >= 4 is 11.9 Å². The number of carbonyl (C=O) groups is 2. The zero-order valence-electron chi connectivity index (χ0n) is 17.7. The van der Waals surface area contributed by atoms with Gasteiger partial charge < -0.3 is 14.4 Å². The highest BCUT2D eigenvalue weighted by Gasteiger charge is 2.58. The number of ketones is 1. The van der Waals surface area contributed by atoms with Gasteiger partial charge in [-0.3, -0.25) is 4.79 Å². The van der Waals surface area contributed by atoms with Crippen LogP contribution in [0.2, 0.25) is 0 Å². The summed E-state index contributed by atoms with van der Waals surface area (Å²) in [5.74, 6) is 1.20. The van der Waals surface area contributed by atoms with Crippen LogP contribution in [0.3, 0.4) is 0 Å². The lowest BCUT2D eigenvalue weighted by Gasteiger charge is -2.48. The Kier molecular flexibility index (Phi) is 4.88. The minimum absolute atomic E-state index is 0.106. The number of rotatable bonds is 2. The standard InChI is InChI=1S/C24H30FNO4/c1-24-9-7-18-17-6-4-15(29-23(28)30-16-8-10-26(2)13-16)11-14(17)3-5-19(18)20(24)12-21(25)22(24)27/h4,6,11,16,18-21H,3,5,7-10,12-13H2,1-2H3. The molecule has 0 amide bonds. The van der Waals surface area contributed by atoms with Gasteiger partial charge in [-0.25, -0.2) is 9.18 Å². The van der Waals surface area contributed by atoms with Gasteiger partial charge in [0.25, 0.3) is 0 Å². The first kappa shape index (κ1) is 20.0. The van der Waals surface area contributed by atoms with Gasteiger partial charge in [0.15, 0.2) is 12.0 Å². The largest absolute Gasteiger partial charge is 0.514 e. The van der Waals surface area contributed by atoms with Gasteiger partial charge in [-0.1, -0.05) is 13.0 Å². The Morgan fingerprint density at radius 2 is 2.10 bits per heavy atom. The lowest BCUT2D eigenvalue weighted by Crippen LogP contribution is -2.42. The number of hydrogen-bond donors (Lipinski definition) is 0. The van der Waals surface area contributed by atoms with E-state index in [1.807, 2.05) is 26.1 Å². The molecule has 0 N–H and O–H groups in total. The molecule has 0 radical (unpaired) electrons. The van der Waals surface area contributed by atoms with E-state index in [0.717, 1.165) is 45.2 Å². The number of likely N-dealkylation sites (tertiary alicyclic amines) is 1. The molecule has 30 heavy (non-hydrogen) atoms. The van der Waals surface area contributed by atoms with Crippen LogP contribution in [0.4, 0.5) is 9.18 Å². The van der Waals surface area contributed by atoms with Crippen molar-refractivity contribution < 1.29 is 23.5 Å². The normalized spacial score (nSPS) is 38.0. The quantitative estimate of drug-likeness (QED) is 0.533. The van der Waals surface area contributed by atoms with E-state index in [4.69, 9.17) is 9.47 Å². The van der Waals surface area contributed by atoms with Crippen molar-refractivity contribution in [3.8, 4) is 5.75 Å². The molecule has 162 valence electrons. The van der Waals surface area contributed by atoms with Gasteiger partial charge >= 0.3 is 6.16 Å². The fourth-order valence-corrected chi connectivity index (χ4v) is 6.62. The van der Waals surface area contributed by atoms with Gasteiger partial charge in [0.1, 0.15) is 11.9 Å². The molecule has 3 fully saturated rings. The molecule has 4 aliphatic rings. The average Bonchev–Trinajstić information content (AvgIpc) is 3.22. The van der Waals surface area contributed by atoms with E-state index in [9.17, 15) is 14.0 Å². The lowest BCUT2D eigenvalue weighted by atomic mass is 9.55. The van der Waals surface area contributed by atoms with Crippen molar-refractivity contribution in [1.82, 2.24) is 4.90 Å². The van der Waals surface area contributed by atoms with Crippen LogP contribution in [-0.4, -0.2) is 49.3 Å². The van der Waals surface area contributed by atoms with Crippen LogP contribution < -0.4 is 4.74 Å². The number of fused-ring (bicyclic) bond motifs is 5. The Hall–Kier alpha value is -1.95. The summed E-state index contributed by atoms with van der Waals surface area (Å²) in [6.07, 6.45) is 2.69. The molecular formula is C24H30FNO4. The van der Waals surface area contributed by atoms with E-state index >= 15 is 0 Å². The van der Waals surface area contributed by atoms with E-state index in [1.165, 1.54) is 11.1 Å². The maximum atomic E-state index is 14.2. The van der Waals surface area contributed by atoms with Crippen LogP contribution >= 0.6 is 0 Å². The third-order valence-corrected chi connectivity index (χ3v) is 8.21. The van der Waals surface area contributed by atoms with E-state index in [2.05, 4.69) is 11.0 Å². The minimum atomic E-state index is -1.29. The van der Waals surface area contributed by atoms with Gasteiger partial charge in [-0.15, -0.1) is 0 Å². The second-order valence-electron chi connectivity index (χ2n) is 9.94. The predicted molar refractivity (Wildman–Crippen MR) is 109 cm³/mol. The van der Waals surface area contributed by atoms with Gasteiger partial charge in [0.2, 0.25) is 0 Å². The summed E-state index contributed by atoms with van der Waals surface area (Å²) in [7, 11) is 2.01. The molecule has 1 aromatic carbocycles. The van der Waals surface area contributed by atoms with Crippen molar-refractivity contribution in [2.75, 3.05) is 20.1 Å². The van der Waals surface area contributed by atoms with Crippen molar-refractivity contribution in [2.45, 2.75) is 63.6 Å². The minimum Gasteiger partial charge on any atom is -0.429 e. The Morgan fingerprint density at radius 3 is 2.87 bits per heavy atom. The van der Waals surface area contributed by atoms with Gasteiger partial charge in [-0.05, 0) is 86.6 Å². The van der Waals surface area contributed by atoms with E-state index in [1.54, 1.807) is 0 Å². The Labute approximate surface area is 176 Å². The highest BCUT2D eigenvalue weighted by molar-refractivity contribution is 5.91. The first-order chi connectivity index (χ1) is 14.3. The van der Waals surface area contributed by atoms with E-state index < -0.39 is 17.7 Å². The molecule has 6 unspecified atom stereocenters. The summed E-state index contributed by atoms with van der Waals surface area (Å²) in [4.78, 5) is 26.7. The Bertz CT molecular complexity index is 873. The highest BCUT2D eigenvalue weighted by atomic mass is 19.1. The van der Waals surface area contributed by atoms with Gasteiger partial charge in [0, 0.05) is 18.5 Å². The molecule has 1 saturated heterocycles. The van der Waals surface area contributed by atoms with Crippen LogP contribution in [0.1, 0.15) is 56.1 Å². The van der Waals surface area contributed by atoms with E-state index in [0.29, 0.717) is 24.0 Å². The summed E-state index contributed by atoms with van der Waals surface area (Å²) in [5, 5.41) is 0. The number of halogens is 1. The number of likely N-dealkylation sites (N-methyl/N-ethyl adjacent to an activating group) is 1. The van der Waals surface area contributed by atoms with Crippen molar-refractivity contribution in [3.05, 3.63) is 29.3 Å². The number of nitrogens with zero attached hydrogens (tertiary/aromatic N) is 1. The molecule has 6 heteroatoms. The third kappa shape index (κ3) is 3.24. The summed E-state index contributed by atoms with van der Waals surface area (Å²) >= 11 is 0.